The summed E-state index contributed by atoms with van der Waals surface area (Å²) in [4.78, 5) is 13.1. The van der Waals surface area contributed by atoms with Gasteiger partial charge in [0, 0.05) is 43.1 Å². The van der Waals surface area contributed by atoms with E-state index in [9.17, 15) is 10.1 Å². The third-order valence-corrected chi connectivity index (χ3v) is 4.17. The molecule has 0 radical (unpaired) electrons. The van der Waals surface area contributed by atoms with Gasteiger partial charge in [-0.25, -0.2) is 0 Å². The molecule has 1 aromatic carbocycles. The molecule has 1 N–H and O–H groups in total. The number of non-ortho nitro benzene ring substituents is 1. The Balaban J connectivity index is 2.21. The molecule has 5 heteroatoms. The standard InChI is InChI=1S/C16H25N3O2/c1-4-7-17-13-10-14(12-15(11-13)19(20)21)18-8-5-16(2,3)6-9-18/h10-12,17H,4-9H2,1-3H3. The van der Waals surface area contributed by atoms with E-state index in [1.807, 2.05) is 6.07 Å². The largest absolute Gasteiger partial charge is 0.385 e. The monoisotopic (exact) mass is 291 g/mol. The van der Waals surface area contributed by atoms with Gasteiger partial charge in [0.25, 0.3) is 5.69 Å². The second-order valence-electron chi connectivity index (χ2n) is 6.57. The lowest BCUT2D eigenvalue weighted by Gasteiger charge is -2.38. The van der Waals surface area contributed by atoms with E-state index in [1.54, 1.807) is 12.1 Å². The third kappa shape index (κ3) is 4.09. The van der Waals surface area contributed by atoms with Crippen LogP contribution in [0.15, 0.2) is 18.2 Å². The lowest BCUT2D eigenvalue weighted by Crippen LogP contribution is -2.37. The van der Waals surface area contributed by atoms with Crippen LogP contribution in [0.25, 0.3) is 0 Å². The lowest BCUT2D eigenvalue weighted by atomic mass is 9.82. The van der Waals surface area contributed by atoms with Crippen molar-refractivity contribution in [1.29, 1.82) is 0 Å². The second-order valence-corrected chi connectivity index (χ2v) is 6.57. The van der Waals surface area contributed by atoms with Crippen molar-refractivity contribution in [3.8, 4) is 0 Å². The molecule has 2 rings (SSSR count). The zero-order valence-electron chi connectivity index (χ0n) is 13.2. The van der Waals surface area contributed by atoms with Gasteiger partial charge in [0.2, 0.25) is 0 Å². The molecule has 0 bridgehead atoms. The molecule has 0 amide bonds. The Labute approximate surface area is 126 Å². The van der Waals surface area contributed by atoms with Crippen LogP contribution in [-0.4, -0.2) is 24.6 Å². The summed E-state index contributed by atoms with van der Waals surface area (Å²) in [6.07, 6.45) is 3.23. The fourth-order valence-corrected chi connectivity index (χ4v) is 2.62. The molecule has 1 heterocycles. The molecule has 0 saturated carbocycles. The van der Waals surface area contributed by atoms with Crippen LogP contribution in [0.3, 0.4) is 0 Å². The van der Waals surface area contributed by atoms with E-state index < -0.39 is 0 Å². The maximum absolute atomic E-state index is 11.1. The van der Waals surface area contributed by atoms with Gasteiger partial charge in [0.1, 0.15) is 0 Å². The van der Waals surface area contributed by atoms with Gasteiger partial charge in [0.05, 0.1) is 4.92 Å². The van der Waals surface area contributed by atoms with Gasteiger partial charge in [-0.1, -0.05) is 20.8 Å². The van der Waals surface area contributed by atoms with E-state index in [-0.39, 0.29) is 10.6 Å². The van der Waals surface area contributed by atoms with E-state index in [1.165, 1.54) is 0 Å². The number of anilines is 2. The molecular weight excluding hydrogens is 266 g/mol. The normalized spacial score (nSPS) is 17.6. The molecule has 0 spiro atoms. The minimum atomic E-state index is -0.311. The Morgan fingerprint density at radius 1 is 1.29 bits per heavy atom. The van der Waals surface area contributed by atoms with Crippen molar-refractivity contribution in [2.24, 2.45) is 5.41 Å². The number of nitrogens with zero attached hydrogens (tertiary/aromatic N) is 2. The van der Waals surface area contributed by atoms with Crippen LogP contribution in [0.5, 0.6) is 0 Å². The zero-order chi connectivity index (χ0) is 15.5. The number of nitrogens with one attached hydrogen (secondary N) is 1. The molecule has 1 aliphatic rings. The Hall–Kier alpha value is -1.78. The minimum absolute atomic E-state index is 0.163. The Morgan fingerprint density at radius 2 is 1.95 bits per heavy atom. The molecule has 1 aromatic rings. The summed E-state index contributed by atoms with van der Waals surface area (Å²) >= 11 is 0. The van der Waals surface area contributed by atoms with Gasteiger partial charge in [0.15, 0.2) is 0 Å². The number of nitro groups is 1. The van der Waals surface area contributed by atoms with Crippen molar-refractivity contribution >= 4 is 17.1 Å². The number of nitro benzene ring substituents is 1. The highest BCUT2D eigenvalue weighted by atomic mass is 16.6. The number of hydrogen-bond acceptors (Lipinski definition) is 4. The van der Waals surface area contributed by atoms with E-state index in [4.69, 9.17) is 0 Å². The molecular formula is C16H25N3O2. The third-order valence-electron chi connectivity index (χ3n) is 4.17. The first-order valence-electron chi connectivity index (χ1n) is 7.69. The summed E-state index contributed by atoms with van der Waals surface area (Å²) in [7, 11) is 0. The van der Waals surface area contributed by atoms with Crippen molar-refractivity contribution < 1.29 is 4.92 Å². The van der Waals surface area contributed by atoms with Crippen molar-refractivity contribution in [3.63, 3.8) is 0 Å². The van der Waals surface area contributed by atoms with Crippen molar-refractivity contribution in [3.05, 3.63) is 28.3 Å². The maximum atomic E-state index is 11.1. The van der Waals surface area contributed by atoms with E-state index in [0.717, 1.165) is 50.3 Å². The first-order chi connectivity index (χ1) is 9.91. The Morgan fingerprint density at radius 3 is 2.52 bits per heavy atom. The molecule has 0 aliphatic carbocycles. The van der Waals surface area contributed by atoms with Gasteiger partial charge < -0.3 is 10.2 Å². The van der Waals surface area contributed by atoms with Crippen LogP contribution in [0.1, 0.15) is 40.0 Å². The molecule has 1 fully saturated rings. The topological polar surface area (TPSA) is 58.4 Å². The molecule has 0 atom stereocenters. The first kappa shape index (κ1) is 15.6. The van der Waals surface area contributed by atoms with Gasteiger partial charge >= 0.3 is 0 Å². The number of rotatable bonds is 5. The summed E-state index contributed by atoms with van der Waals surface area (Å²) in [5.41, 5.74) is 2.33. The predicted molar refractivity (Wildman–Crippen MR) is 87.1 cm³/mol. The SMILES string of the molecule is CCCNc1cc(N2CCC(C)(C)CC2)cc([N+](=O)[O-])c1. The van der Waals surface area contributed by atoms with E-state index in [0.29, 0.717) is 5.41 Å². The van der Waals surface area contributed by atoms with Gasteiger partial charge in [-0.2, -0.15) is 0 Å². The van der Waals surface area contributed by atoms with Crippen LogP contribution < -0.4 is 10.2 Å². The van der Waals surface area contributed by atoms with Crippen LogP contribution in [0, 0.1) is 15.5 Å². The minimum Gasteiger partial charge on any atom is -0.385 e. The molecule has 0 unspecified atom stereocenters. The average molecular weight is 291 g/mol. The van der Waals surface area contributed by atoms with Gasteiger partial charge in [-0.3, -0.25) is 10.1 Å². The highest BCUT2D eigenvalue weighted by Crippen LogP contribution is 2.34. The maximum Gasteiger partial charge on any atom is 0.273 e. The van der Waals surface area contributed by atoms with Crippen LogP contribution in [0.2, 0.25) is 0 Å². The van der Waals surface area contributed by atoms with E-state index in [2.05, 4.69) is 31.0 Å². The number of benzene rings is 1. The highest BCUT2D eigenvalue weighted by Gasteiger charge is 2.26. The fraction of sp³-hybridized carbons (Fsp3) is 0.625. The Kier molecular flexibility index (Phi) is 4.70. The van der Waals surface area contributed by atoms with Crippen LogP contribution in [-0.2, 0) is 0 Å². The first-order valence-corrected chi connectivity index (χ1v) is 7.69. The quantitative estimate of drug-likeness (QED) is 0.657. The molecule has 0 aromatic heterocycles. The van der Waals surface area contributed by atoms with E-state index >= 15 is 0 Å². The van der Waals surface area contributed by atoms with Crippen LogP contribution in [0.4, 0.5) is 17.1 Å². The van der Waals surface area contributed by atoms with Gasteiger partial charge in [-0.15, -0.1) is 0 Å². The smallest absolute Gasteiger partial charge is 0.273 e. The molecule has 1 aliphatic heterocycles. The molecule has 5 nitrogen and oxygen atoms in total. The van der Waals surface area contributed by atoms with Crippen molar-refractivity contribution in [2.75, 3.05) is 29.9 Å². The summed E-state index contributed by atoms with van der Waals surface area (Å²) in [6, 6.07) is 5.34. The van der Waals surface area contributed by atoms with Gasteiger partial charge in [-0.05, 0) is 30.7 Å². The summed E-state index contributed by atoms with van der Waals surface area (Å²) in [6.45, 7) is 9.40. The Bertz CT molecular complexity index is 504. The summed E-state index contributed by atoms with van der Waals surface area (Å²) in [5, 5.41) is 14.4. The molecule has 116 valence electrons. The lowest BCUT2D eigenvalue weighted by molar-refractivity contribution is -0.384. The van der Waals surface area contributed by atoms with Crippen molar-refractivity contribution in [2.45, 2.75) is 40.0 Å². The highest BCUT2D eigenvalue weighted by molar-refractivity contribution is 5.64. The summed E-state index contributed by atoms with van der Waals surface area (Å²) < 4.78 is 0. The average Bonchev–Trinajstić information content (AvgIpc) is 2.44. The van der Waals surface area contributed by atoms with Crippen molar-refractivity contribution in [1.82, 2.24) is 0 Å². The predicted octanol–water partition coefficient (Wildman–Crippen LogP) is 4.04. The molecule has 21 heavy (non-hydrogen) atoms. The number of piperidine rings is 1. The second kappa shape index (κ2) is 6.33. The zero-order valence-corrected chi connectivity index (χ0v) is 13.2. The number of hydrogen-bond donors (Lipinski definition) is 1. The fourth-order valence-electron chi connectivity index (χ4n) is 2.62. The molecule has 1 saturated heterocycles. The summed E-state index contributed by atoms with van der Waals surface area (Å²) in [5.74, 6) is 0. The van der Waals surface area contributed by atoms with Crippen LogP contribution >= 0.6 is 0 Å².